The van der Waals surface area contributed by atoms with Crippen molar-refractivity contribution in [2.24, 2.45) is 11.8 Å². The van der Waals surface area contributed by atoms with E-state index in [0.717, 1.165) is 28.9 Å². The summed E-state index contributed by atoms with van der Waals surface area (Å²) < 4.78 is 39.8. The first-order valence-corrected chi connectivity index (χ1v) is 8.81. The van der Waals surface area contributed by atoms with Crippen molar-refractivity contribution in [3.8, 4) is 0 Å². The number of likely N-dealkylation sites (tertiary alicyclic amines) is 1. The Hall–Kier alpha value is -2.05. The average molecular weight is 369 g/mol. The smallest absolute Gasteiger partial charge is 0.394 e. The Morgan fingerprint density at radius 1 is 1.19 bits per heavy atom. The fourth-order valence-electron chi connectivity index (χ4n) is 4.40. The summed E-state index contributed by atoms with van der Waals surface area (Å²) in [6.45, 7) is 0.950. The number of carbonyl (C=O) groups is 2. The maximum atomic E-state index is 13.3. The van der Waals surface area contributed by atoms with Crippen molar-refractivity contribution in [1.29, 1.82) is 0 Å². The predicted octanol–water partition coefficient (Wildman–Crippen LogP) is 3.53. The summed E-state index contributed by atoms with van der Waals surface area (Å²) in [4.78, 5) is 25.7. The fraction of sp³-hybridized carbons (Fsp3) is 0.579. The normalized spacial score (nSPS) is 25.5. The van der Waals surface area contributed by atoms with Crippen LogP contribution < -0.4 is 0 Å². The molecule has 1 N–H and O–H groups in total. The molecule has 1 aliphatic heterocycles. The molecule has 1 saturated carbocycles. The van der Waals surface area contributed by atoms with E-state index in [1.54, 1.807) is 0 Å². The van der Waals surface area contributed by atoms with Crippen LogP contribution in [0.4, 0.5) is 13.2 Å². The number of aliphatic carboxylic acids is 1. The number of carboxylic acid groups (broad SMARTS) is 1. The first-order valence-electron chi connectivity index (χ1n) is 8.81. The Labute approximate surface area is 150 Å². The van der Waals surface area contributed by atoms with Crippen molar-refractivity contribution in [2.45, 2.75) is 44.2 Å². The molecule has 0 spiro atoms. The molecule has 2 fully saturated rings. The maximum Gasteiger partial charge on any atom is 0.394 e. The SMILES string of the molecule is Cc1cccc(C2(C(=O)N3C[C@@H](C(F)(F)F)[C@H](C(=O)O)C3)CCCC2)c1. The van der Waals surface area contributed by atoms with Crippen LogP contribution in [0, 0.1) is 18.8 Å². The van der Waals surface area contributed by atoms with Crippen molar-refractivity contribution in [1.82, 2.24) is 4.90 Å². The monoisotopic (exact) mass is 369 g/mol. The van der Waals surface area contributed by atoms with Gasteiger partial charge in [0.05, 0.1) is 17.3 Å². The highest BCUT2D eigenvalue weighted by Crippen LogP contribution is 2.45. The van der Waals surface area contributed by atoms with E-state index in [9.17, 15) is 27.9 Å². The minimum Gasteiger partial charge on any atom is -0.481 e. The molecular weight excluding hydrogens is 347 g/mol. The third-order valence-electron chi connectivity index (χ3n) is 5.78. The van der Waals surface area contributed by atoms with Crippen molar-refractivity contribution in [3.05, 3.63) is 35.4 Å². The van der Waals surface area contributed by atoms with E-state index in [0.29, 0.717) is 12.8 Å². The summed E-state index contributed by atoms with van der Waals surface area (Å²) in [5.41, 5.74) is 0.970. The van der Waals surface area contributed by atoms with Gasteiger partial charge in [-0.2, -0.15) is 13.2 Å². The van der Waals surface area contributed by atoms with Gasteiger partial charge < -0.3 is 10.0 Å². The number of hydrogen-bond acceptors (Lipinski definition) is 2. The molecule has 0 unspecified atom stereocenters. The van der Waals surface area contributed by atoms with E-state index in [1.807, 2.05) is 31.2 Å². The number of alkyl halides is 3. The number of benzene rings is 1. The van der Waals surface area contributed by atoms with Gasteiger partial charge in [0.25, 0.3) is 0 Å². The number of halogens is 3. The lowest BCUT2D eigenvalue weighted by Gasteiger charge is -2.33. The minimum absolute atomic E-state index is 0.362. The molecule has 3 rings (SSSR count). The first-order chi connectivity index (χ1) is 12.1. The second-order valence-electron chi connectivity index (χ2n) is 7.46. The Kier molecular flexibility index (Phi) is 4.75. The zero-order chi connectivity index (χ0) is 19.1. The number of amides is 1. The summed E-state index contributed by atoms with van der Waals surface area (Å²) >= 11 is 0. The van der Waals surface area contributed by atoms with Crippen LogP contribution in [0.25, 0.3) is 0 Å². The molecule has 1 aliphatic carbocycles. The molecule has 1 aromatic carbocycles. The lowest BCUT2D eigenvalue weighted by molar-refractivity contribution is -0.188. The highest BCUT2D eigenvalue weighted by molar-refractivity contribution is 5.89. The van der Waals surface area contributed by atoms with Gasteiger partial charge in [-0.1, -0.05) is 42.7 Å². The molecule has 2 atom stereocenters. The van der Waals surface area contributed by atoms with E-state index >= 15 is 0 Å². The molecule has 1 saturated heterocycles. The van der Waals surface area contributed by atoms with Crippen LogP contribution >= 0.6 is 0 Å². The van der Waals surface area contributed by atoms with Gasteiger partial charge in [-0.3, -0.25) is 9.59 Å². The molecule has 1 aromatic rings. The van der Waals surface area contributed by atoms with E-state index in [2.05, 4.69) is 0 Å². The van der Waals surface area contributed by atoms with Gasteiger partial charge in [-0.05, 0) is 25.3 Å². The van der Waals surface area contributed by atoms with E-state index < -0.39 is 35.9 Å². The van der Waals surface area contributed by atoms with Gasteiger partial charge in [-0.15, -0.1) is 0 Å². The van der Waals surface area contributed by atoms with Gasteiger partial charge >= 0.3 is 12.1 Å². The van der Waals surface area contributed by atoms with Gasteiger partial charge in [0.2, 0.25) is 5.91 Å². The molecule has 7 heteroatoms. The van der Waals surface area contributed by atoms with Gasteiger partial charge in [0.1, 0.15) is 0 Å². The summed E-state index contributed by atoms with van der Waals surface area (Å²) in [6, 6.07) is 7.52. The van der Waals surface area contributed by atoms with E-state index in [1.165, 1.54) is 0 Å². The zero-order valence-electron chi connectivity index (χ0n) is 14.6. The van der Waals surface area contributed by atoms with Gasteiger partial charge in [0.15, 0.2) is 0 Å². The van der Waals surface area contributed by atoms with Crippen LogP contribution in [-0.4, -0.2) is 41.1 Å². The summed E-state index contributed by atoms with van der Waals surface area (Å²) in [5, 5.41) is 9.19. The van der Waals surface area contributed by atoms with Crippen molar-refractivity contribution < 1.29 is 27.9 Å². The highest BCUT2D eigenvalue weighted by atomic mass is 19.4. The molecule has 142 valence electrons. The van der Waals surface area contributed by atoms with Crippen LogP contribution in [0.15, 0.2) is 24.3 Å². The Balaban J connectivity index is 1.93. The fourth-order valence-corrected chi connectivity index (χ4v) is 4.40. The van der Waals surface area contributed by atoms with E-state index in [-0.39, 0.29) is 12.5 Å². The lowest BCUT2D eigenvalue weighted by Crippen LogP contribution is -2.45. The Morgan fingerprint density at radius 3 is 2.35 bits per heavy atom. The van der Waals surface area contributed by atoms with Crippen LogP contribution in [0.1, 0.15) is 36.8 Å². The van der Waals surface area contributed by atoms with Crippen LogP contribution in [0.2, 0.25) is 0 Å². The molecule has 2 aliphatic rings. The molecular formula is C19H22F3NO3. The summed E-state index contributed by atoms with van der Waals surface area (Å²) in [5.74, 6) is -5.48. The second-order valence-corrected chi connectivity index (χ2v) is 7.46. The third kappa shape index (κ3) is 3.19. The predicted molar refractivity (Wildman–Crippen MR) is 88.6 cm³/mol. The largest absolute Gasteiger partial charge is 0.481 e. The zero-order valence-corrected chi connectivity index (χ0v) is 14.6. The minimum atomic E-state index is -4.63. The molecule has 0 radical (unpaired) electrons. The van der Waals surface area contributed by atoms with Crippen molar-refractivity contribution in [2.75, 3.05) is 13.1 Å². The van der Waals surface area contributed by atoms with Crippen molar-refractivity contribution >= 4 is 11.9 Å². The van der Waals surface area contributed by atoms with Gasteiger partial charge in [-0.25, -0.2) is 0 Å². The van der Waals surface area contributed by atoms with Gasteiger partial charge in [0, 0.05) is 13.1 Å². The van der Waals surface area contributed by atoms with E-state index in [4.69, 9.17) is 0 Å². The molecule has 0 aromatic heterocycles. The highest BCUT2D eigenvalue weighted by Gasteiger charge is 2.56. The Morgan fingerprint density at radius 2 is 1.85 bits per heavy atom. The summed E-state index contributed by atoms with van der Waals surface area (Å²) in [7, 11) is 0. The molecule has 1 heterocycles. The molecule has 4 nitrogen and oxygen atoms in total. The standard InChI is InChI=1S/C19H22F3NO3/c1-12-5-4-6-13(9-12)18(7-2-3-8-18)17(26)23-10-14(16(24)25)15(11-23)19(20,21)22/h4-6,9,14-15H,2-3,7-8,10-11H2,1H3,(H,24,25)/t14-,15-/m1/s1. The van der Waals surface area contributed by atoms with Crippen molar-refractivity contribution in [3.63, 3.8) is 0 Å². The quantitative estimate of drug-likeness (QED) is 0.887. The number of nitrogens with zero attached hydrogens (tertiary/aromatic N) is 1. The maximum absolute atomic E-state index is 13.3. The summed E-state index contributed by atoms with van der Waals surface area (Å²) in [6.07, 6.45) is -1.80. The molecule has 0 bridgehead atoms. The average Bonchev–Trinajstić information content (AvgIpc) is 3.22. The molecule has 26 heavy (non-hydrogen) atoms. The number of carbonyl (C=O) groups excluding carboxylic acids is 1. The number of aryl methyl sites for hydroxylation is 1. The molecule has 1 amide bonds. The van der Waals surface area contributed by atoms with Crippen LogP contribution in [0.3, 0.4) is 0 Å². The number of hydrogen-bond donors (Lipinski definition) is 1. The van der Waals surface area contributed by atoms with Crippen LogP contribution in [-0.2, 0) is 15.0 Å². The third-order valence-corrected chi connectivity index (χ3v) is 5.78. The second kappa shape index (κ2) is 6.59. The topological polar surface area (TPSA) is 57.6 Å². The number of carboxylic acids is 1. The Bertz CT molecular complexity index is 710. The van der Waals surface area contributed by atoms with Crippen LogP contribution in [0.5, 0.6) is 0 Å². The number of rotatable bonds is 3. The first kappa shape index (κ1) is 18.7. The lowest BCUT2D eigenvalue weighted by atomic mass is 9.77.